The molecule has 0 amide bonds. The maximum absolute atomic E-state index is 12.0. The molecular weight excluding hydrogens is 294 g/mol. The van der Waals surface area contributed by atoms with Crippen LogP contribution in [-0.2, 0) is 9.53 Å². The first-order valence-corrected chi connectivity index (χ1v) is 7.95. The van der Waals surface area contributed by atoms with Gasteiger partial charge in [-0.15, -0.1) is 0 Å². The number of aromatic hydroxyl groups is 1. The molecule has 0 atom stereocenters. The van der Waals surface area contributed by atoms with Crippen LogP contribution in [0, 0.1) is 0 Å². The third-order valence-corrected chi connectivity index (χ3v) is 4.74. The Morgan fingerprint density at radius 1 is 1.26 bits per heavy atom. The fraction of sp³-hybridized carbons (Fsp3) is 0.611. The number of hydrogen-bond donors (Lipinski definition) is 1. The van der Waals surface area contributed by atoms with E-state index < -0.39 is 0 Å². The molecule has 1 saturated heterocycles. The second kappa shape index (κ2) is 6.40. The molecule has 0 spiro atoms. The molecule has 0 bridgehead atoms. The van der Waals surface area contributed by atoms with E-state index >= 15 is 0 Å². The molecule has 5 nitrogen and oxygen atoms in total. The summed E-state index contributed by atoms with van der Waals surface area (Å²) < 4.78 is 11.0. The van der Waals surface area contributed by atoms with Crippen molar-refractivity contribution in [3.63, 3.8) is 0 Å². The fourth-order valence-electron chi connectivity index (χ4n) is 3.30. The Morgan fingerprint density at radius 2 is 1.87 bits per heavy atom. The summed E-state index contributed by atoms with van der Waals surface area (Å²) in [5.74, 6) is 0.176. The van der Waals surface area contributed by atoms with Crippen LogP contribution in [0.2, 0.25) is 0 Å². The van der Waals surface area contributed by atoms with Gasteiger partial charge in [-0.1, -0.05) is 6.07 Å². The summed E-state index contributed by atoms with van der Waals surface area (Å²) in [6, 6.07) is 6.37. The van der Waals surface area contributed by atoms with Crippen molar-refractivity contribution in [2.45, 2.75) is 57.7 Å². The number of rotatable bonds is 4. The van der Waals surface area contributed by atoms with Gasteiger partial charge >= 0.3 is 5.97 Å². The smallest absolute Gasteiger partial charge is 0.344 e. The zero-order chi connectivity index (χ0) is 17.3. The molecule has 1 aromatic rings. The first-order chi connectivity index (χ1) is 10.6. The molecule has 0 radical (unpaired) electrons. The molecule has 1 aliphatic heterocycles. The Bertz CT molecular complexity index is 550. The first kappa shape index (κ1) is 17.6. The van der Waals surface area contributed by atoms with Crippen molar-refractivity contribution in [1.82, 2.24) is 4.90 Å². The van der Waals surface area contributed by atoms with Gasteiger partial charge in [0.25, 0.3) is 0 Å². The molecule has 0 unspecified atom stereocenters. The number of esters is 1. The third kappa shape index (κ3) is 4.38. The number of phenolic OH excluding ortho intramolecular Hbond substituents is 1. The molecule has 0 aliphatic carbocycles. The highest BCUT2D eigenvalue weighted by molar-refractivity contribution is 5.71. The van der Waals surface area contributed by atoms with Crippen LogP contribution in [0.3, 0.4) is 0 Å². The van der Waals surface area contributed by atoms with Gasteiger partial charge in [-0.25, -0.2) is 4.79 Å². The number of phenols is 1. The predicted octanol–water partition coefficient (Wildman–Crippen LogP) is 2.97. The van der Waals surface area contributed by atoms with Crippen LogP contribution in [0.15, 0.2) is 24.3 Å². The van der Waals surface area contributed by atoms with E-state index in [1.165, 1.54) is 6.07 Å². The van der Waals surface area contributed by atoms with Gasteiger partial charge in [0, 0.05) is 30.0 Å². The summed E-state index contributed by atoms with van der Waals surface area (Å²) >= 11 is 0. The maximum Gasteiger partial charge on any atom is 0.344 e. The zero-order valence-corrected chi connectivity index (χ0v) is 14.6. The number of nitrogens with zero attached hydrogens (tertiary/aromatic N) is 1. The Balaban J connectivity index is 1.90. The average molecular weight is 321 g/mol. The monoisotopic (exact) mass is 321 g/mol. The highest BCUT2D eigenvalue weighted by Gasteiger charge is 2.44. The van der Waals surface area contributed by atoms with E-state index in [1.54, 1.807) is 18.2 Å². The van der Waals surface area contributed by atoms with Crippen LogP contribution in [0.5, 0.6) is 11.5 Å². The molecule has 1 heterocycles. The van der Waals surface area contributed by atoms with Crippen molar-refractivity contribution in [3.8, 4) is 11.5 Å². The van der Waals surface area contributed by atoms with Crippen LogP contribution in [0.1, 0.15) is 40.5 Å². The van der Waals surface area contributed by atoms with Crippen molar-refractivity contribution in [3.05, 3.63) is 24.3 Å². The van der Waals surface area contributed by atoms with E-state index in [2.05, 4.69) is 39.6 Å². The highest BCUT2D eigenvalue weighted by Crippen LogP contribution is 2.38. The van der Waals surface area contributed by atoms with E-state index in [-0.39, 0.29) is 35.5 Å². The lowest BCUT2D eigenvalue weighted by Crippen LogP contribution is -2.60. The SMILES string of the molecule is CN1C(C)(C)CC(OC(=O)COc2cccc(O)c2)CC1(C)C. The normalized spacial score (nSPS) is 20.9. The molecule has 0 aromatic heterocycles. The second-order valence-electron chi connectivity index (χ2n) is 7.49. The van der Waals surface area contributed by atoms with E-state index in [4.69, 9.17) is 9.47 Å². The number of benzene rings is 1. The lowest BCUT2D eigenvalue weighted by molar-refractivity contribution is -0.161. The molecule has 5 heteroatoms. The molecule has 0 saturated carbocycles. The first-order valence-electron chi connectivity index (χ1n) is 7.95. The summed E-state index contributed by atoms with van der Waals surface area (Å²) in [5, 5.41) is 9.38. The van der Waals surface area contributed by atoms with Gasteiger partial charge in [0.15, 0.2) is 6.61 Å². The lowest BCUT2D eigenvalue weighted by Gasteiger charge is -2.53. The Hall–Kier alpha value is -1.75. The van der Waals surface area contributed by atoms with E-state index in [1.807, 2.05) is 0 Å². The lowest BCUT2D eigenvalue weighted by atomic mass is 9.79. The van der Waals surface area contributed by atoms with Crippen LogP contribution in [0.4, 0.5) is 0 Å². The van der Waals surface area contributed by atoms with Crippen LogP contribution < -0.4 is 4.74 Å². The molecule has 23 heavy (non-hydrogen) atoms. The number of likely N-dealkylation sites (tertiary alicyclic amines) is 1. The average Bonchev–Trinajstić information content (AvgIpc) is 2.42. The number of ether oxygens (including phenoxy) is 2. The van der Waals surface area contributed by atoms with E-state index in [9.17, 15) is 9.90 Å². The Kier molecular flexibility index (Phi) is 4.90. The predicted molar refractivity (Wildman–Crippen MR) is 88.6 cm³/mol. The fourth-order valence-corrected chi connectivity index (χ4v) is 3.30. The van der Waals surface area contributed by atoms with Gasteiger partial charge in [0.05, 0.1) is 0 Å². The molecule has 1 fully saturated rings. The van der Waals surface area contributed by atoms with Crippen molar-refractivity contribution in [2.75, 3.05) is 13.7 Å². The number of hydrogen-bond acceptors (Lipinski definition) is 5. The number of carbonyl (C=O) groups excluding carboxylic acids is 1. The summed E-state index contributed by atoms with van der Waals surface area (Å²) in [4.78, 5) is 14.4. The quantitative estimate of drug-likeness (QED) is 0.864. The summed E-state index contributed by atoms with van der Waals surface area (Å²) in [5.41, 5.74) is -0.0580. The molecule has 1 aliphatic rings. The summed E-state index contributed by atoms with van der Waals surface area (Å²) in [6.45, 7) is 8.50. The third-order valence-electron chi connectivity index (χ3n) is 4.74. The maximum atomic E-state index is 12.0. The van der Waals surface area contributed by atoms with E-state index in [0.717, 1.165) is 12.8 Å². The van der Waals surface area contributed by atoms with Crippen molar-refractivity contribution < 1.29 is 19.4 Å². The number of piperidine rings is 1. The van der Waals surface area contributed by atoms with Crippen molar-refractivity contribution in [1.29, 1.82) is 0 Å². The standard InChI is InChI=1S/C18H27NO4/c1-17(2)10-15(11-18(3,4)19(17)5)23-16(21)12-22-14-8-6-7-13(20)9-14/h6-9,15,20H,10-12H2,1-5H3. The molecule has 2 rings (SSSR count). The van der Waals surface area contributed by atoms with Gasteiger partial charge in [0.1, 0.15) is 17.6 Å². The minimum atomic E-state index is -0.380. The summed E-state index contributed by atoms with van der Waals surface area (Å²) in [6.07, 6.45) is 1.48. The molecule has 128 valence electrons. The van der Waals surface area contributed by atoms with Gasteiger partial charge in [0.2, 0.25) is 0 Å². The van der Waals surface area contributed by atoms with Crippen molar-refractivity contribution >= 4 is 5.97 Å². The van der Waals surface area contributed by atoms with Crippen LogP contribution in [-0.4, -0.2) is 46.8 Å². The van der Waals surface area contributed by atoms with Gasteiger partial charge in [-0.05, 0) is 46.9 Å². The van der Waals surface area contributed by atoms with Gasteiger partial charge in [-0.2, -0.15) is 0 Å². The topological polar surface area (TPSA) is 59.0 Å². The molecular formula is C18H27NO4. The van der Waals surface area contributed by atoms with Crippen LogP contribution >= 0.6 is 0 Å². The number of carbonyl (C=O) groups is 1. The van der Waals surface area contributed by atoms with E-state index in [0.29, 0.717) is 5.75 Å². The minimum absolute atomic E-state index is 0.0290. The van der Waals surface area contributed by atoms with Gasteiger partial charge in [-0.3, -0.25) is 4.90 Å². The molecule has 1 aromatic carbocycles. The minimum Gasteiger partial charge on any atom is -0.508 e. The van der Waals surface area contributed by atoms with Crippen LogP contribution in [0.25, 0.3) is 0 Å². The largest absolute Gasteiger partial charge is 0.508 e. The zero-order valence-electron chi connectivity index (χ0n) is 14.6. The van der Waals surface area contributed by atoms with Gasteiger partial charge < -0.3 is 14.6 Å². The van der Waals surface area contributed by atoms with Crippen molar-refractivity contribution in [2.24, 2.45) is 0 Å². The second-order valence-corrected chi connectivity index (χ2v) is 7.49. The Labute approximate surface area is 138 Å². The summed E-state index contributed by atoms with van der Waals surface area (Å²) in [7, 11) is 2.11. The molecule has 1 N–H and O–H groups in total. The Morgan fingerprint density at radius 3 is 2.43 bits per heavy atom. The highest BCUT2D eigenvalue weighted by atomic mass is 16.6.